The number of carbonyl (C=O) groups excluding carboxylic acids is 1. The monoisotopic (exact) mass is 410 g/mol. The molecule has 29 heavy (non-hydrogen) atoms. The summed E-state index contributed by atoms with van der Waals surface area (Å²) in [6, 6.07) is 0. The van der Waals surface area contributed by atoms with Crippen LogP contribution in [0, 0.1) is 5.92 Å². The quantitative estimate of drug-likeness (QED) is 0.124. The smallest absolute Gasteiger partial charge is 0.305 e. The Bertz CT molecular complexity index is 324. The van der Waals surface area contributed by atoms with E-state index in [0.717, 1.165) is 12.8 Å². The van der Waals surface area contributed by atoms with E-state index in [1.807, 2.05) is 0 Å². The highest BCUT2D eigenvalue weighted by molar-refractivity contribution is 5.69. The molecule has 0 aromatic heterocycles. The van der Waals surface area contributed by atoms with Gasteiger partial charge in [-0.25, -0.2) is 0 Å². The predicted octanol–water partition coefficient (Wildman–Crippen LogP) is 9.40. The molecule has 0 aliphatic carbocycles. The van der Waals surface area contributed by atoms with Gasteiger partial charge < -0.3 is 4.74 Å². The van der Waals surface area contributed by atoms with E-state index in [0.29, 0.717) is 18.9 Å². The molecule has 0 spiro atoms. The van der Waals surface area contributed by atoms with Crippen LogP contribution in [0.5, 0.6) is 0 Å². The molecule has 0 aromatic carbocycles. The van der Waals surface area contributed by atoms with E-state index >= 15 is 0 Å². The van der Waals surface area contributed by atoms with Crippen molar-refractivity contribution in [3.63, 3.8) is 0 Å². The number of unbranched alkanes of at least 4 members (excludes halogenated alkanes) is 18. The Balaban J connectivity index is 3.09. The van der Waals surface area contributed by atoms with Crippen LogP contribution in [0.2, 0.25) is 0 Å². The third-order valence-corrected chi connectivity index (χ3v) is 5.94. The molecule has 0 fully saturated rings. The molecule has 0 radical (unpaired) electrons. The van der Waals surface area contributed by atoms with Gasteiger partial charge in [-0.2, -0.15) is 0 Å². The van der Waals surface area contributed by atoms with Gasteiger partial charge in [-0.15, -0.1) is 0 Å². The largest absolute Gasteiger partial charge is 0.466 e. The Hall–Kier alpha value is -0.530. The fourth-order valence-electron chi connectivity index (χ4n) is 3.83. The van der Waals surface area contributed by atoms with Crippen molar-refractivity contribution in [2.75, 3.05) is 6.61 Å². The first-order valence-electron chi connectivity index (χ1n) is 13.3. The summed E-state index contributed by atoms with van der Waals surface area (Å²) in [6.07, 6.45) is 27.9. The molecular weight excluding hydrogens is 356 g/mol. The molecule has 0 aliphatic heterocycles. The number of esters is 1. The Morgan fingerprint density at radius 1 is 0.586 bits per heavy atom. The molecule has 0 bridgehead atoms. The lowest BCUT2D eigenvalue weighted by Gasteiger charge is -2.06. The molecule has 0 saturated carbocycles. The van der Waals surface area contributed by atoms with Gasteiger partial charge in [-0.05, 0) is 18.8 Å². The summed E-state index contributed by atoms with van der Waals surface area (Å²) in [5.74, 6) is 0.607. The van der Waals surface area contributed by atoms with Crippen LogP contribution in [0.25, 0.3) is 0 Å². The highest BCUT2D eigenvalue weighted by Gasteiger charge is 2.03. The molecule has 0 aromatic rings. The van der Waals surface area contributed by atoms with Crippen molar-refractivity contribution >= 4 is 5.97 Å². The van der Waals surface area contributed by atoms with E-state index in [1.165, 1.54) is 116 Å². The van der Waals surface area contributed by atoms with Crippen LogP contribution in [-0.4, -0.2) is 12.6 Å². The average Bonchev–Trinajstić information content (AvgIpc) is 2.69. The molecule has 174 valence electrons. The second kappa shape index (κ2) is 23.7. The summed E-state index contributed by atoms with van der Waals surface area (Å²) in [4.78, 5) is 11.6. The van der Waals surface area contributed by atoms with Crippen molar-refractivity contribution < 1.29 is 9.53 Å². The van der Waals surface area contributed by atoms with E-state index in [-0.39, 0.29) is 5.97 Å². The Morgan fingerprint density at radius 2 is 0.931 bits per heavy atom. The van der Waals surface area contributed by atoms with Crippen LogP contribution in [0.1, 0.15) is 156 Å². The molecule has 0 unspecified atom stereocenters. The number of hydrogen-bond acceptors (Lipinski definition) is 2. The Labute approximate surface area is 184 Å². The normalized spacial score (nSPS) is 11.3. The van der Waals surface area contributed by atoms with Crippen LogP contribution in [-0.2, 0) is 9.53 Å². The van der Waals surface area contributed by atoms with Gasteiger partial charge in [0, 0.05) is 6.42 Å². The van der Waals surface area contributed by atoms with Gasteiger partial charge in [0.15, 0.2) is 0 Å². The summed E-state index contributed by atoms with van der Waals surface area (Å²) < 4.78 is 5.25. The third kappa shape index (κ3) is 25.4. The van der Waals surface area contributed by atoms with Crippen LogP contribution < -0.4 is 0 Å². The maximum absolute atomic E-state index is 11.6. The van der Waals surface area contributed by atoms with Crippen LogP contribution in [0.4, 0.5) is 0 Å². The van der Waals surface area contributed by atoms with Gasteiger partial charge in [0.1, 0.15) is 0 Å². The molecule has 0 amide bonds. The van der Waals surface area contributed by atoms with Crippen molar-refractivity contribution in [2.45, 2.75) is 156 Å². The van der Waals surface area contributed by atoms with E-state index in [4.69, 9.17) is 4.74 Å². The van der Waals surface area contributed by atoms with E-state index in [9.17, 15) is 4.79 Å². The Kier molecular flexibility index (Phi) is 23.3. The molecule has 0 rings (SSSR count). The summed E-state index contributed by atoms with van der Waals surface area (Å²) in [5.41, 5.74) is 0. The van der Waals surface area contributed by atoms with Crippen molar-refractivity contribution in [2.24, 2.45) is 5.92 Å². The first-order chi connectivity index (χ1) is 14.2. The molecule has 0 N–H and O–H groups in total. The van der Waals surface area contributed by atoms with Crippen molar-refractivity contribution in [3.05, 3.63) is 0 Å². The van der Waals surface area contributed by atoms with E-state index in [1.54, 1.807) is 0 Å². The van der Waals surface area contributed by atoms with Gasteiger partial charge >= 0.3 is 5.97 Å². The standard InChI is InChI=1S/C27H54O2/c1-4-5-6-7-8-9-10-11-12-13-14-15-16-17-18-19-20-21-22-23-27(28)29-25-24-26(2)3/h26H,4-25H2,1-3H3. The number of ether oxygens (including phenoxy) is 1. The third-order valence-electron chi connectivity index (χ3n) is 5.94. The van der Waals surface area contributed by atoms with E-state index < -0.39 is 0 Å². The van der Waals surface area contributed by atoms with Gasteiger partial charge in [0.2, 0.25) is 0 Å². The molecule has 0 saturated heterocycles. The minimum atomic E-state index is -0.00220. The van der Waals surface area contributed by atoms with E-state index in [2.05, 4.69) is 20.8 Å². The molecule has 0 heterocycles. The summed E-state index contributed by atoms with van der Waals surface area (Å²) in [7, 11) is 0. The highest BCUT2D eigenvalue weighted by Crippen LogP contribution is 2.15. The lowest BCUT2D eigenvalue weighted by Crippen LogP contribution is -2.07. The van der Waals surface area contributed by atoms with Gasteiger partial charge in [0.25, 0.3) is 0 Å². The summed E-state index contributed by atoms with van der Waals surface area (Å²) in [5, 5.41) is 0. The highest BCUT2D eigenvalue weighted by atomic mass is 16.5. The zero-order valence-corrected chi connectivity index (χ0v) is 20.5. The van der Waals surface area contributed by atoms with Gasteiger partial charge in [0.05, 0.1) is 6.61 Å². The van der Waals surface area contributed by atoms with Gasteiger partial charge in [-0.1, -0.05) is 136 Å². The summed E-state index contributed by atoms with van der Waals surface area (Å²) in [6.45, 7) is 7.20. The second-order valence-electron chi connectivity index (χ2n) is 9.52. The molecule has 0 aliphatic rings. The average molecular weight is 411 g/mol. The lowest BCUT2D eigenvalue weighted by atomic mass is 10.0. The van der Waals surface area contributed by atoms with Crippen molar-refractivity contribution in [1.82, 2.24) is 0 Å². The van der Waals surface area contributed by atoms with Crippen molar-refractivity contribution in [3.8, 4) is 0 Å². The summed E-state index contributed by atoms with van der Waals surface area (Å²) >= 11 is 0. The fraction of sp³-hybridized carbons (Fsp3) is 0.963. The van der Waals surface area contributed by atoms with Crippen LogP contribution >= 0.6 is 0 Å². The molecule has 2 heteroatoms. The van der Waals surface area contributed by atoms with Crippen molar-refractivity contribution in [1.29, 1.82) is 0 Å². The fourth-order valence-corrected chi connectivity index (χ4v) is 3.83. The molecule has 0 atom stereocenters. The lowest BCUT2D eigenvalue weighted by molar-refractivity contribution is -0.144. The first-order valence-corrected chi connectivity index (χ1v) is 13.3. The minimum Gasteiger partial charge on any atom is -0.466 e. The van der Waals surface area contributed by atoms with Crippen LogP contribution in [0.15, 0.2) is 0 Å². The SMILES string of the molecule is CCCCCCCCCCCCCCCCCCCCCC(=O)OCCC(C)C. The first kappa shape index (κ1) is 28.5. The molecule has 2 nitrogen and oxygen atoms in total. The second-order valence-corrected chi connectivity index (χ2v) is 9.52. The number of carbonyl (C=O) groups is 1. The maximum Gasteiger partial charge on any atom is 0.305 e. The maximum atomic E-state index is 11.6. The van der Waals surface area contributed by atoms with Gasteiger partial charge in [-0.3, -0.25) is 4.79 Å². The topological polar surface area (TPSA) is 26.3 Å². The number of hydrogen-bond donors (Lipinski definition) is 0. The minimum absolute atomic E-state index is 0.00220. The van der Waals surface area contributed by atoms with Crippen LogP contribution in [0.3, 0.4) is 0 Å². The zero-order valence-electron chi connectivity index (χ0n) is 20.5. The zero-order chi connectivity index (χ0) is 21.4. The Morgan fingerprint density at radius 3 is 1.28 bits per heavy atom. The molecular formula is C27H54O2. The predicted molar refractivity (Wildman–Crippen MR) is 128 cm³/mol. The number of rotatable bonds is 23.